The van der Waals surface area contributed by atoms with Crippen molar-refractivity contribution < 1.29 is 15.0 Å². The van der Waals surface area contributed by atoms with E-state index in [-0.39, 0.29) is 17.7 Å². The molecule has 13 heteroatoms. The summed E-state index contributed by atoms with van der Waals surface area (Å²) in [6, 6.07) is 11.9. The second kappa shape index (κ2) is 15.9. The summed E-state index contributed by atoms with van der Waals surface area (Å²) in [6.07, 6.45) is 13.5. The molecular weight excluding hydrogens is 759 g/mol. The van der Waals surface area contributed by atoms with Gasteiger partial charge in [0, 0.05) is 47.6 Å². The van der Waals surface area contributed by atoms with Crippen LogP contribution in [0.4, 0.5) is 22.6 Å². The van der Waals surface area contributed by atoms with Gasteiger partial charge in [0.1, 0.15) is 5.82 Å². The van der Waals surface area contributed by atoms with Crippen molar-refractivity contribution in [3.63, 3.8) is 0 Å². The molecule has 0 spiro atoms. The number of aromatic nitrogens is 6. The minimum absolute atomic E-state index is 0.0148. The highest BCUT2D eigenvalue weighted by Gasteiger charge is 2.65. The summed E-state index contributed by atoms with van der Waals surface area (Å²) in [4.78, 5) is 26.7. The van der Waals surface area contributed by atoms with Gasteiger partial charge in [-0.15, -0.1) is 10.2 Å². The minimum atomic E-state index is -1.07. The molecule has 4 fully saturated rings. The zero-order valence-corrected chi connectivity index (χ0v) is 36.8. The number of carboxylic acids is 1. The third-order valence-electron chi connectivity index (χ3n) is 13.7. The highest BCUT2D eigenvalue weighted by Crippen LogP contribution is 2.75. The zero-order valence-electron chi connectivity index (χ0n) is 35.9. The van der Waals surface area contributed by atoms with Crippen LogP contribution in [0.5, 0.6) is 0 Å². The van der Waals surface area contributed by atoms with Crippen LogP contribution < -0.4 is 10.2 Å². The summed E-state index contributed by atoms with van der Waals surface area (Å²) in [7, 11) is 2.11. The first-order chi connectivity index (χ1) is 28.3. The van der Waals surface area contributed by atoms with Crippen LogP contribution in [0.3, 0.4) is 0 Å². The van der Waals surface area contributed by atoms with E-state index in [2.05, 4.69) is 65.9 Å². The van der Waals surface area contributed by atoms with Crippen LogP contribution in [0.15, 0.2) is 42.6 Å². The Morgan fingerprint density at radius 3 is 2.41 bits per heavy atom. The third kappa shape index (κ3) is 7.86. The quantitative estimate of drug-likeness (QED) is 0.104. The molecule has 5 heterocycles. The van der Waals surface area contributed by atoms with Gasteiger partial charge in [0.25, 0.3) is 0 Å². The minimum Gasteiger partial charge on any atom is -0.476 e. The van der Waals surface area contributed by atoms with Crippen LogP contribution in [-0.4, -0.2) is 84.3 Å². The summed E-state index contributed by atoms with van der Waals surface area (Å²) in [5, 5.41) is 38.4. The van der Waals surface area contributed by atoms with E-state index in [1.807, 2.05) is 55.3 Å². The SMILES string of the molecule is CC.Cc1c(Nc2nc3ccccc3s2)nnc2c1CCCN2c1ccc(-c2cnn(CC34CC5(C)CC(C)(CC(CCCN(C)CCO)(C5)C3)C4)c2C)c(C(=O)O)n1. The van der Waals surface area contributed by atoms with E-state index < -0.39 is 5.97 Å². The van der Waals surface area contributed by atoms with Gasteiger partial charge in [0.2, 0.25) is 0 Å². The number of nitrogens with zero attached hydrogens (tertiary/aromatic N) is 8. The monoisotopic (exact) mass is 819 g/mol. The van der Waals surface area contributed by atoms with Gasteiger partial charge in [-0.1, -0.05) is 51.2 Å². The average Bonchev–Trinajstić information content (AvgIpc) is 3.76. The van der Waals surface area contributed by atoms with E-state index in [9.17, 15) is 15.0 Å². The maximum absolute atomic E-state index is 12.9. The fourth-order valence-electron chi connectivity index (χ4n) is 12.8. The van der Waals surface area contributed by atoms with Gasteiger partial charge in [-0.2, -0.15) is 5.10 Å². The smallest absolute Gasteiger partial charge is 0.355 e. The lowest BCUT2D eigenvalue weighted by atomic mass is 9.35. The molecule has 0 saturated heterocycles. The summed E-state index contributed by atoms with van der Waals surface area (Å²) in [5.74, 6) is 0.862. The molecule has 0 amide bonds. The van der Waals surface area contributed by atoms with E-state index in [1.165, 1.54) is 44.9 Å². The molecule has 314 valence electrons. The second-order valence-corrected chi connectivity index (χ2v) is 19.9. The van der Waals surface area contributed by atoms with Crippen molar-refractivity contribution >= 4 is 50.1 Å². The molecule has 1 aromatic carbocycles. The maximum Gasteiger partial charge on any atom is 0.355 e. The van der Waals surface area contributed by atoms with Crippen LogP contribution in [0.25, 0.3) is 21.3 Å². The van der Waals surface area contributed by atoms with Crippen LogP contribution >= 0.6 is 11.3 Å². The Labute approximate surface area is 352 Å². The number of aliphatic hydroxyl groups is 1. The molecule has 12 nitrogen and oxygen atoms in total. The predicted molar refractivity (Wildman–Crippen MR) is 236 cm³/mol. The van der Waals surface area contributed by atoms with Crippen LogP contribution in [0, 0.1) is 35.5 Å². The summed E-state index contributed by atoms with van der Waals surface area (Å²) >= 11 is 1.58. The summed E-state index contributed by atoms with van der Waals surface area (Å²) in [6.45, 7) is 16.7. The number of hydrogen-bond donors (Lipinski definition) is 3. The number of carboxylic acid groups (broad SMARTS) is 1. The van der Waals surface area contributed by atoms with E-state index in [4.69, 9.17) is 15.1 Å². The van der Waals surface area contributed by atoms with Gasteiger partial charge in [-0.3, -0.25) is 4.68 Å². The molecule has 2 unspecified atom stereocenters. The van der Waals surface area contributed by atoms with E-state index in [0.717, 1.165) is 76.6 Å². The number of hydrogen-bond acceptors (Lipinski definition) is 11. The Balaban J connectivity index is 0.00000238. The van der Waals surface area contributed by atoms with E-state index in [0.29, 0.717) is 45.8 Å². The Morgan fingerprint density at radius 2 is 1.68 bits per heavy atom. The molecule has 4 aromatic heterocycles. The van der Waals surface area contributed by atoms with Crippen LogP contribution in [-0.2, 0) is 13.0 Å². The number of para-hydroxylation sites is 1. The molecule has 4 aliphatic carbocycles. The highest BCUT2D eigenvalue weighted by atomic mass is 32.1. The molecule has 10 rings (SSSR count). The Bertz CT molecular complexity index is 2300. The number of thiazole rings is 1. The number of aliphatic hydroxyl groups excluding tert-OH is 1. The Morgan fingerprint density at radius 1 is 0.932 bits per heavy atom. The molecule has 2 atom stereocenters. The van der Waals surface area contributed by atoms with Crippen molar-refractivity contribution in [2.45, 2.75) is 112 Å². The van der Waals surface area contributed by atoms with E-state index >= 15 is 0 Å². The van der Waals surface area contributed by atoms with Gasteiger partial charge in [-0.05, 0) is 138 Å². The van der Waals surface area contributed by atoms with Gasteiger partial charge < -0.3 is 25.3 Å². The topological polar surface area (TPSA) is 145 Å². The first-order valence-corrected chi connectivity index (χ1v) is 22.4. The lowest BCUT2D eigenvalue weighted by Crippen LogP contribution is -2.60. The average molecular weight is 820 g/mol. The lowest BCUT2D eigenvalue weighted by molar-refractivity contribution is -0.198. The molecule has 3 N–H and O–H groups in total. The van der Waals surface area contributed by atoms with Crippen molar-refractivity contribution in [2.75, 3.05) is 43.5 Å². The molecule has 5 aliphatic rings. The lowest BCUT2D eigenvalue weighted by Gasteiger charge is -2.70. The molecular formula is C46H61N9O3S. The number of aromatic carboxylic acids is 1. The number of fused-ring (bicyclic) bond motifs is 2. The van der Waals surface area contributed by atoms with Gasteiger partial charge >= 0.3 is 5.97 Å². The molecule has 0 radical (unpaired) electrons. The second-order valence-electron chi connectivity index (χ2n) is 18.8. The summed E-state index contributed by atoms with van der Waals surface area (Å²) in [5.41, 5.74) is 6.55. The predicted octanol–water partition coefficient (Wildman–Crippen LogP) is 9.59. The summed E-state index contributed by atoms with van der Waals surface area (Å²) < 4.78 is 3.27. The van der Waals surface area contributed by atoms with Crippen molar-refractivity contribution in [3.8, 4) is 11.1 Å². The van der Waals surface area contributed by atoms with Crippen molar-refractivity contribution in [3.05, 3.63) is 65.1 Å². The van der Waals surface area contributed by atoms with Crippen LogP contribution in [0.2, 0.25) is 0 Å². The number of benzene rings is 1. The van der Waals surface area contributed by atoms with Gasteiger partial charge in [-0.25, -0.2) is 14.8 Å². The molecule has 4 saturated carbocycles. The van der Waals surface area contributed by atoms with E-state index in [1.54, 1.807) is 11.3 Å². The standard InChI is InChI=1S/C44H55N9O3S.C2H6/c1-28-30-10-8-17-52(38(30)50-49-37(28)48-40-46-33-11-6-7-12-34(33)57-40)35-14-13-31(36(47-35)39(55)56)32-20-45-53(29(32)2)27-44-24-41(3)21-42(4,25-44)23-43(22-41,26-44)15-9-16-51(5)18-19-54;1-2/h6-7,11-14,20,54H,8-10,15-19,21-27H2,1-5H3,(H,55,56)(H,46,48,49);1-2H3. The molecule has 5 aromatic rings. The number of likely N-dealkylation sites (N-methyl/N-ethyl adjacent to an activating group) is 1. The van der Waals surface area contributed by atoms with Crippen molar-refractivity contribution in [1.82, 2.24) is 34.8 Å². The molecule has 4 bridgehead atoms. The normalized spacial score (nSPS) is 25.6. The van der Waals surface area contributed by atoms with Crippen molar-refractivity contribution in [2.24, 2.45) is 21.7 Å². The number of carbonyl (C=O) groups is 1. The number of rotatable bonds is 13. The number of anilines is 4. The largest absolute Gasteiger partial charge is 0.476 e. The number of pyridine rings is 1. The molecule has 1 aliphatic heterocycles. The van der Waals surface area contributed by atoms with Crippen molar-refractivity contribution in [1.29, 1.82) is 0 Å². The van der Waals surface area contributed by atoms with Gasteiger partial charge in [0.05, 0.1) is 23.0 Å². The Hall–Kier alpha value is -4.46. The highest BCUT2D eigenvalue weighted by molar-refractivity contribution is 7.22. The zero-order chi connectivity index (χ0) is 41.7. The Kier molecular flexibility index (Phi) is 11.1. The third-order valence-corrected chi connectivity index (χ3v) is 14.6. The maximum atomic E-state index is 12.9. The first kappa shape index (κ1) is 41.3. The van der Waals surface area contributed by atoms with Crippen LogP contribution in [0.1, 0.15) is 113 Å². The molecule has 59 heavy (non-hydrogen) atoms. The van der Waals surface area contributed by atoms with Gasteiger partial charge in [0.15, 0.2) is 22.5 Å². The fraction of sp³-hybridized carbons (Fsp3) is 0.565. The fourth-order valence-corrected chi connectivity index (χ4v) is 13.6. The number of nitrogens with one attached hydrogen (secondary N) is 1. The first-order valence-electron chi connectivity index (χ1n) is 21.6.